The van der Waals surface area contributed by atoms with Gasteiger partial charge in [0.25, 0.3) is 0 Å². The third-order valence-corrected chi connectivity index (χ3v) is 3.89. The standard InChI is InChI=1S/C13H27N3O/c1-17-10-2-3-12(14)11-15-6-8-16(9-7-15)13-4-5-13/h12-13H,2-11,14H2,1H3. The Morgan fingerprint density at radius 1 is 1.24 bits per heavy atom. The average molecular weight is 241 g/mol. The normalized spacial score (nSPS) is 25.1. The van der Waals surface area contributed by atoms with E-state index in [1.165, 1.54) is 39.0 Å². The molecule has 1 aliphatic heterocycles. The van der Waals surface area contributed by atoms with Gasteiger partial charge in [-0.15, -0.1) is 0 Å². The van der Waals surface area contributed by atoms with Gasteiger partial charge in [-0.05, 0) is 25.7 Å². The van der Waals surface area contributed by atoms with Crippen LogP contribution in [0.1, 0.15) is 25.7 Å². The second kappa shape index (κ2) is 6.69. The lowest BCUT2D eigenvalue weighted by molar-refractivity contribution is 0.118. The fraction of sp³-hybridized carbons (Fsp3) is 1.00. The van der Waals surface area contributed by atoms with Crippen LogP contribution in [0.2, 0.25) is 0 Å². The van der Waals surface area contributed by atoms with Gasteiger partial charge in [-0.2, -0.15) is 0 Å². The molecule has 0 spiro atoms. The molecule has 1 aliphatic carbocycles. The third-order valence-electron chi connectivity index (χ3n) is 3.89. The Kier molecular flexibility index (Phi) is 5.22. The molecular formula is C13H27N3O. The van der Waals surface area contributed by atoms with E-state index in [0.717, 1.165) is 32.0 Å². The van der Waals surface area contributed by atoms with E-state index >= 15 is 0 Å². The molecule has 0 aromatic carbocycles. The molecule has 0 bridgehead atoms. The molecule has 1 saturated heterocycles. The smallest absolute Gasteiger partial charge is 0.0462 e. The Hall–Kier alpha value is -0.160. The van der Waals surface area contributed by atoms with Crippen molar-refractivity contribution in [3.05, 3.63) is 0 Å². The molecule has 1 unspecified atom stereocenters. The van der Waals surface area contributed by atoms with Crippen LogP contribution < -0.4 is 5.73 Å². The Morgan fingerprint density at radius 3 is 2.53 bits per heavy atom. The van der Waals surface area contributed by atoms with Crippen molar-refractivity contribution in [2.45, 2.75) is 37.8 Å². The molecule has 4 heteroatoms. The lowest BCUT2D eigenvalue weighted by Crippen LogP contribution is -2.50. The Labute approximate surface area is 105 Å². The van der Waals surface area contributed by atoms with Crippen LogP contribution >= 0.6 is 0 Å². The van der Waals surface area contributed by atoms with Crippen LogP contribution in [-0.2, 0) is 4.74 Å². The van der Waals surface area contributed by atoms with Crippen LogP contribution in [0.25, 0.3) is 0 Å². The van der Waals surface area contributed by atoms with Gasteiger partial charge in [0.05, 0.1) is 0 Å². The van der Waals surface area contributed by atoms with Gasteiger partial charge < -0.3 is 10.5 Å². The number of hydrogen-bond donors (Lipinski definition) is 1. The SMILES string of the molecule is COCCCC(N)CN1CCN(C2CC2)CC1. The first-order valence-electron chi connectivity index (χ1n) is 7.00. The summed E-state index contributed by atoms with van der Waals surface area (Å²) in [6.07, 6.45) is 5.02. The van der Waals surface area contributed by atoms with Crippen molar-refractivity contribution in [2.75, 3.05) is 46.4 Å². The van der Waals surface area contributed by atoms with Gasteiger partial charge in [-0.1, -0.05) is 0 Å². The minimum atomic E-state index is 0.317. The molecule has 1 heterocycles. The summed E-state index contributed by atoms with van der Waals surface area (Å²) in [5.41, 5.74) is 6.14. The minimum absolute atomic E-state index is 0.317. The van der Waals surface area contributed by atoms with E-state index in [2.05, 4.69) is 9.80 Å². The molecule has 100 valence electrons. The van der Waals surface area contributed by atoms with Crippen LogP contribution in [0.15, 0.2) is 0 Å². The summed E-state index contributed by atoms with van der Waals surface area (Å²) in [4.78, 5) is 5.17. The van der Waals surface area contributed by atoms with E-state index in [1.54, 1.807) is 7.11 Å². The van der Waals surface area contributed by atoms with Crippen LogP contribution in [0.4, 0.5) is 0 Å². The molecule has 2 fully saturated rings. The van der Waals surface area contributed by atoms with Crippen molar-refractivity contribution in [2.24, 2.45) is 5.73 Å². The first kappa shape index (κ1) is 13.3. The molecule has 2 rings (SSSR count). The molecule has 17 heavy (non-hydrogen) atoms. The second-order valence-corrected chi connectivity index (χ2v) is 5.46. The van der Waals surface area contributed by atoms with Gasteiger partial charge in [-0.3, -0.25) is 9.80 Å². The Balaban J connectivity index is 1.56. The molecular weight excluding hydrogens is 214 g/mol. The monoisotopic (exact) mass is 241 g/mol. The van der Waals surface area contributed by atoms with E-state index < -0.39 is 0 Å². The highest BCUT2D eigenvalue weighted by molar-refractivity contribution is 4.88. The average Bonchev–Trinajstić information content (AvgIpc) is 3.14. The van der Waals surface area contributed by atoms with Gasteiger partial charge in [0.15, 0.2) is 0 Å². The quantitative estimate of drug-likeness (QED) is 0.660. The van der Waals surface area contributed by atoms with E-state index in [1.807, 2.05) is 0 Å². The largest absolute Gasteiger partial charge is 0.385 e. The number of nitrogens with zero attached hydrogens (tertiary/aromatic N) is 2. The summed E-state index contributed by atoms with van der Waals surface area (Å²) in [6.45, 7) is 6.79. The number of methoxy groups -OCH3 is 1. The van der Waals surface area contributed by atoms with Gasteiger partial charge in [0, 0.05) is 58.5 Å². The van der Waals surface area contributed by atoms with Crippen molar-refractivity contribution in [3.8, 4) is 0 Å². The van der Waals surface area contributed by atoms with Crippen molar-refractivity contribution < 1.29 is 4.74 Å². The van der Waals surface area contributed by atoms with Crippen LogP contribution in [0, 0.1) is 0 Å². The van der Waals surface area contributed by atoms with Gasteiger partial charge >= 0.3 is 0 Å². The molecule has 2 N–H and O–H groups in total. The molecule has 0 aromatic rings. The lowest BCUT2D eigenvalue weighted by Gasteiger charge is -2.36. The number of ether oxygens (including phenoxy) is 1. The van der Waals surface area contributed by atoms with Crippen molar-refractivity contribution in [1.29, 1.82) is 0 Å². The highest BCUT2D eigenvalue weighted by Gasteiger charge is 2.31. The molecule has 0 aromatic heterocycles. The molecule has 2 aliphatic rings. The fourth-order valence-corrected chi connectivity index (χ4v) is 2.66. The first-order valence-corrected chi connectivity index (χ1v) is 7.00. The number of piperazine rings is 1. The van der Waals surface area contributed by atoms with Gasteiger partial charge in [0.2, 0.25) is 0 Å². The topological polar surface area (TPSA) is 41.7 Å². The lowest BCUT2D eigenvalue weighted by atomic mass is 10.1. The van der Waals surface area contributed by atoms with Crippen LogP contribution in [-0.4, -0.2) is 68.3 Å². The summed E-state index contributed by atoms with van der Waals surface area (Å²) in [6, 6.07) is 1.24. The maximum absolute atomic E-state index is 6.14. The van der Waals surface area contributed by atoms with Gasteiger partial charge in [-0.25, -0.2) is 0 Å². The number of hydrogen-bond acceptors (Lipinski definition) is 4. The second-order valence-electron chi connectivity index (χ2n) is 5.46. The summed E-state index contributed by atoms with van der Waals surface area (Å²) in [5, 5.41) is 0. The molecule has 0 radical (unpaired) electrons. The van der Waals surface area contributed by atoms with Crippen molar-refractivity contribution in [1.82, 2.24) is 9.80 Å². The molecule has 1 saturated carbocycles. The predicted octanol–water partition coefficient (Wildman–Crippen LogP) is 0.520. The molecule has 4 nitrogen and oxygen atoms in total. The Morgan fingerprint density at radius 2 is 1.94 bits per heavy atom. The van der Waals surface area contributed by atoms with E-state index in [9.17, 15) is 0 Å². The summed E-state index contributed by atoms with van der Waals surface area (Å²) in [5.74, 6) is 0. The summed E-state index contributed by atoms with van der Waals surface area (Å²) < 4.78 is 5.05. The zero-order valence-electron chi connectivity index (χ0n) is 11.1. The highest BCUT2D eigenvalue weighted by atomic mass is 16.5. The van der Waals surface area contributed by atoms with Gasteiger partial charge in [0.1, 0.15) is 0 Å². The highest BCUT2D eigenvalue weighted by Crippen LogP contribution is 2.27. The third kappa shape index (κ3) is 4.54. The summed E-state index contributed by atoms with van der Waals surface area (Å²) in [7, 11) is 1.75. The van der Waals surface area contributed by atoms with Crippen LogP contribution in [0.5, 0.6) is 0 Å². The maximum atomic E-state index is 6.14. The van der Waals surface area contributed by atoms with Crippen molar-refractivity contribution >= 4 is 0 Å². The number of rotatable bonds is 7. The van der Waals surface area contributed by atoms with E-state index in [0.29, 0.717) is 6.04 Å². The van der Waals surface area contributed by atoms with E-state index in [4.69, 9.17) is 10.5 Å². The zero-order valence-corrected chi connectivity index (χ0v) is 11.1. The van der Waals surface area contributed by atoms with E-state index in [-0.39, 0.29) is 0 Å². The van der Waals surface area contributed by atoms with Crippen molar-refractivity contribution in [3.63, 3.8) is 0 Å². The molecule has 0 amide bonds. The first-order chi connectivity index (χ1) is 8.29. The maximum Gasteiger partial charge on any atom is 0.0462 e. The fourth-order valence-electron chi connectivity index (χ4n) is 2.66. The summed E-state index contributed by atoms with van der Waals surface area (Å²) >= 11 is 0. The predicted molar refractivity (Wildman–Crippen MR) is 70.1 cm³/mol. The number of nitrogens with two attached hydrogens (primary N) is 1. The minimum Gasteiger partial charge on any atom is -0.385 e. The zero-order chi connectivity index (χ0) is 12.1. The molecule has 1 atom stereocenters. The Bertz CT molecular complexity index is 213. The van der Waals surface area contributed by atoms with Crippen LogP contribution in [0.3, 0.4) is 0 Å².